The van der Waals surface area contributed by atoms with Crippen LogP contribution in [-0.4, -0.2) is 74.4 Å². The maximum atomic E-state index is 5.09. The molecule has 0 atom stereocenters. The van der Waals surface area contributed by atoms with E-state index < -0.39 is 0 Å². The van der Waals surface area contributed by atoms with Crippen molar-refractivity contribution in [3.05, 3.63) is 30.1 Å². The first-order chi connectivity index (χ1) is 13.2. The van der Waals surface area contributed by atoms with Crippen molar-refractivity contribution in [1.82, 2.24) is 25.1 Å². The SMILES string of the molecule is CN=C(NCCCn1c(C)nc2ccccc21)NCCN(C)CCCOC.I. The van der Waals surface area contributed by atoms with Crippen LogP contribution >= 0.6 is 24.0 Å². The molecule has 7 nitrogen and oxygen atoms in total. The third-order valence-electron chi connectivity index (χ3n) is 4.59. The number of fused-ring (bicyclic) bond motifs is 1. The van der Waals surface area contributed by atoms with Gasteiger partial charge in [0.1, 0.15) is 5.82 Å². The van der Waals surface area contributed by atoms with Crippen LogP contribution in [-0.2, 0) is 11.3 Å². The topological polar surface area (TPSA) is 66.7 Å². The fourth-order valence-electron chi connectivity index (χ4n) is 3.10. The van der Waals surface area contributed by atoms with Crippen molar-refractivity contribution in [2.24, 2.45) is 4.99 Å². The van der Waals surface area contributed by atoms with Gasteiger partial charge in [-0.2, -0.15) is 0 Å². The monoisotopic (exact) mass is 502 g/mol. The van der Waals surface area contributed by atoms with Gasteiger partial charge in [0, 0.05) is 53.5 Å². The molecule has 0 aliphatic rings. The lowest BCUT2D eigenvalue weighted by Gasteiger charge is -2.18. The van der Waals surface area contributed by atoms with Crippen molar-refractivity contribution < 1.29 is 4.74 Å². The maximum absolute atomic E-state index is 5.09. The van der Waals surface area contributed by atoms with Crippen molar-refractivity contribution in [1.29, 1.82) is 0 Å². The minimum atomic E-state index is 0. The van der Waals surface area contributed by atoms with Crippen LogP contribution in [0.15, 0.2) is 29.3 Å². The van der Waals surface area contributed by atoms with Gasteiger partial charge in [-0.05, 0) is 38.9 Å². The molecule has 0 bridgehead atoms. The Labute approximate surface area is 186 Å². The second-order valence-electron chi connectivity index (χ2n) is 6.73. The lowest BCUT2D eigenvalue weighted by molar-refractivity contribution is 0.180. The molecule has 0 saturated carbocycles. The van der Waals surface area contributed by atoms with Gasteiger partial charge in [-0.25, -0.2) is 4.98 Å². The Morgan fingerprint density at radius 1 is 1.18 bits per heavy atom. The van der Waals surface area contributed by atoms with Gasteiger partial charge in [0.05, 0.1) is 11.0 Å². The minimum absolute atomic E-state index is 0. The zero-order valence-corrected chi connectivity index (χ0v) is 19.9. The smallest absolute Gasteiger partial charge is 0.191 e. The average Bonchev–Trinajstić information content (AvgIpc) is 2.99. The molecule has 1 aromatic carbocycles. The molecule has 2 rings (SSSR count). The van der Waals surface area contributed by atoms with E-state index in [0.717, 1.165) is 69.5 Å². The molecule has 2 aromatic rings. The van der Waals surface area contributed by atoms with Crippen LogP contribution in [0, 0.1) is 6.92 Å². The van der Waals surface area contributed by atoms with Gasteiger partial charge >= 0.3 is 0 Å². The zero-order chi connectivity index (χ0) is 19.5. The van der Waals surface area contributed by atoms with Crippen molar-refractivity contribution in [3.8, 4) is 0 Å². The maximum Gasteiger partial charge on any atom is 0.191 e. The Kier molecular flexibility index (Phi) is 12.1. The lowest BCUT2D eigenvalue weighted by atomic mass is 10.3. The first-order valence-electron chi connectivity index (χ1n) is 9.69. The number of rotatable bonds is 11. The van der Waals surface area contributed by atoms with Crippen molar-refractivity contribution in [3.63, 3.8) is 0 Å². The molecule has 1 heterocycles. The third kappa shape index (κ3) is 7.92. The highest BCUT2D eigenvalue weighted by Crippen LogP contribution is 2.15. The Bertz CT molecular complexity index is 718. The molecule has 158 valence electrons. The number of nitrogens with one attached hydrogen (secondary N) is 2. The number of ether oxygens (including phenoxy) is 1. The number of benzene rings is 1. The number of hydrogen-bond acceptors (Lipinski definition) is 4. The number of aromatic nitrogens is 2. The average molecular weight is 502 g/mol. The van der Waals surface area contributed by atoms with Crippen LogP contribution in [0.5, 0.6) is 0 Å². The van der Waals surface area contributed by atoms with E-state index in [1.54, 1.807) is 7.11 Å². The number of hydrogen-bond donors (Lipinski definition) is 2. The first kappa shape index (κ1) is 24.6. The lowest BCUT2D eigenvalue weighted by Crippen LogP contribution is -2.41. The second-order valence-corrected chi connectivity index (χ2v) is 6.73. The summed E-state index contributed by atoms with van der Waals surface area (Å²) in [5.41, 5.74) is 2.27. The standard InChI is InChI=1S/C20H34N6O.HI/c1-17-24-18-9-5-6-10-19(18)26(17)14-7-11-22-20(21-2)23-12-15-25(3)13-8-16-27-4;/h5-6,9-10H,7-8,11-16H2,1-4H3,(H2,21,22,23);1H. The molecule has 8 heteroatoms. The quantitative estimate of drug-likeness (QED) is 0.214. The fraction of sp³-hybridized carbons (Fsp3) is 0.600. The molecule has 0 fully saturated rings. The largest absolute Gasteiger partial charge is 0.385 e. The summed E-state index contributed by atoms with van der Waals surface area (Å²) >= 11 is 0. The fourth-order valence-corrected chi connectivity index (χ4v) is 3.10. The normalized spacial score (nSPS) is 11.7. The number of likely N-dealkylation sites (N-methyl/N-ethyl adjacent to an activating group) is 1. The van der Waals surface area contributed by atoms with E-state index >= 15 is 0 Å². The molecule has 2 N–H and O–H groups in total. The summed E-state index contributed by atoms with van der Waals surface area (Å²) < 4.78 is 7.37. The van der Waals surface area contributed by atoms with Gasteiger partial charge in [-0.15, -0.1) is 24.0 Å². The van der Waals surface area contributed by atoms with E-state index in [2.05, 4.69) is 62.2 Å². The number of imidazole rings is 1. The molecule has 0 saturated heterocycles. The van der Waals surface area contributed by atoms with Crippen molar-refractivity contribution >= 4 is 41.0 Å². The first-order valence-corrected chi connectivity index (χ1v) is 9.69. The number of guanidine groups is 1. The van der Waals surface area contributed by atoms with Crippen LogP contribution < -0.4 is 10.6 Å². The Morgan fingerprint density at radius 3 is 2.68 bits per heavy atom. The van der Waals surface area contributed by atoms with E-state index in [1.807, 2.05) is 13.1 Å². The molecule has 0 aliphatic heterocycles. The number of aryl methyl sites for hydroxylation is 2. The molecule has 0 radical (unpaired) electrons. The van der Waals surface area contributed by atoms with E-state index in [4.69, 9.17) is 4.74 Å². The highest BCUT2D eigenvalue weighted by molar-refractivity contribution is 14.0. The summed E-state index contributed by atoms with van der Waals surface area (Å²) in [6.45, 7) is 7.58. The van der Waals surface area contributed by atoms with Crippen LogP contribution in [0.3, 0.4) is 0 Å². The highest BCUT2D eigenvalue weighted by atomic mass is 127. The van der Waals surface area contributed by atoms with Gasteiger partial charge in [0.2, 0.25) is 0 Å². The molecular formula is C20H35IN6O. The van der Waals surface area contributed by atoms with Gasteiger partial charge in [0.15, 0.2) is 5.96 Å². The molecular weight excluding hydrogens is 467 g/mol. The third-order valence-corrected chi connectivity index (χ3v) is 4.59. The number of para-hydroxylation sites is 2. The number of aliphatic imine (C=N–C) groups is 1. The molecule has 28 heavy (non-hydrogen) atoms. The summed E-state index contributed by atoms with van der Waals surface area (Å²) in [5.74, 6) is 1.92. The van der Waals surface area contributed by atoms with Crippen LogP contribution in [0.25, 0.3) is 11.0 Å². The molecule has 0 amide bonds. The predicted molar refractivity (Wildman–Crippen MR) is 128 cm³/mol. The highest BCUT2D eigenvalue weighted by Gasteiger charge is 2.06. The van der Waals surface area contributed by atoms with Crippen LogP contribution in [0.4, 0.5) is 0 Å². The molecule has 0 spiro atoms. The van der Waals surface area contributed by atoms with E-state index in [0.29, 0.717) is 0 Å². The molecule has 0 aliphatic carbocycles. The molecule has 1 aromatic heterocycles. The van der Waals surface area contributed by atoms with Crippen molar-refractivity contribution in [2.45, 2.75) is 26.3 Å². The zero-order valence-electron chi connectivity index (χ0n) is 17.6. The van der Waals surface area contributed by atoms with Crippen LogP contribution in [0.1, 0.15) is 18.7 Å². The number of nitrogens with zero attached hydrogens (tertiary/aromatic N) is 4. The summed E-state index contributed by atoms with van der Waals surface area (Å²) in [5, 5.41) is 6.76. The van der Waals surface area contributed by atoms with Gasteiger partial charge in [-0.3, -0.25) is 4.99 Å². The summed E-state index contributed by atoms with van der Waals surface area (Å²) in [6.07, 6.45) is 2.07. The van der Waals surface area contributed by atoms with E-state index in [-0.39, 0.29) is 24.0 Å². The van der Waals surface area contributed by atoms with E-state index in [1.165, 1.54) is 5.52 Å². The van der Waals surface area contributed by atoms with Gasteiger partial charge in [-0.1, -0.05) is 12.1 Å². The minimum Gasteiger partial charge on any atom is -0.385 e. The van der Waals surface area contributed by atoms with E-state index in [9.17, 15) is 0 Å². The molecule has 0 unspecified atom stereocenters. The van der Waals surface area contributed by atoms with Gasteiger partial charge in [0.25, 0.3) is 0 Å². The van der Waals surface area contributed by atoms with Crippen molar-refractivity contribution in [2.75, 3.05) is 54.0 Å². The van der Waals surface area contributed by atoms with Gasteiger partial charge < -0.3 is 24.8 Å². The Balaban J connectivity index is 0.00000392. The summed E-state index contributed by atoms with van der Waals surface area (Å²) in [6, 6.07) is 8.29. The predicted octanol–water partition coefficient (Wildman–Crippen LogP) is 2.49. The number of methoxy groups -OCH3 is 1. The second kappa shape index (κ2) is 13.7. The number of halogens is 1. The summed E-state index contributed by atoms with van der Waals surface area (Å²) in [4.78, 5) is 11.2. The summed E-state index contributed by atoms with van der Waals surface area (Å²) in [7, 11) is 5.68. The van der Waals surface area contributed by atoms with Crippen LogP contribution in [0.2, 0.25) is 0 Å². The Hall–Kier alpha value is -1.39. The Morgan fingerprint density at radius 2 is 1.93 bits per heavy atom.